The predicted molar refractivity (Wildman–Crippen MR) is 84.3 cm³/mol. The van der Waals surface area contributed by atoms with E-state index in [1.54, 1.807) is 0 Å². The molecule has 1 atom stereocenters. The Labute approximate surface area is 129 Å². The predicted octanol–water partition coefficient (Wildman–Crippen LogP) is 1.56. The second kappa shape index (κ2) is 7.34. The fourth-order valence-electron chi connectivity index (χ4n) is 1.62. The van der Waals surface area contributed by atoms with E-state index in [2.05, 4.69) is 15.4 Å². The van der Waals surface area contributed by atoms with Gasteiger partial charge in [0.1, 0.15) is 0 Å². The Balaban J connectivity index is 0.000000188. The maximum absolute atomic E-state index is 9.94. The van der Waals surface area contributed by atoms with Crippen LogP contribution in [0.4, 0.5) is 11.4 Å². The lowest BCUT2D eigenvalue weighted by Gasteiger charge is -2.02. The van der Waals surface area contributed by atoms with Crippen LogP contribution in [0, 0.1) is 0 Å². The smallest absolute Gasteiger partial charge is 0.155 e. The zero-order valence-electron chi connectivity index (χ0n) is 11.5. The molecule has 0 radical (unpaired) electrons. The molecule has 3 aromatic rings. The van der Waals surface area contributed by atoms with Gasteiger partial charge in [0.25, 0.3) is 0 Å². The van der Waals surface area contributed by atoms with Crippen LogP contribution in [-0.4, -0.2) is 24.2 Å². The lowest BCUT2D eigenvalue weighted by Crippen LogP contribution is -1.87. The van der Waals surface area contributed by atoms with Gasteiger partial charge in [0.15, 0.2) is 5.03 Å². The summed E-state index contributed by atoms with van der Waals surface area (Å²) >= 11 is -2.25. The van der Waals surface area contributed by atoms with Gasteiger partial charge in [0.2, 0.25) is 0 Å². The topological polar surface area (TPSA) is 134 Å². The highest BCUT2D eigenvalue weighted by Crippen LogP contribution is 2.21. The van der Waals surface area contributed by atoms with Crippen molar-refractivity contribution in [1.29, 1.82) is 0 Å². The number of benzene rings is 2. The Morgan fingerprint density at radius 3 is 1.64 bits per heavy atom. The second-order valence-corrected chi connectivity index (χ2v) is 5.17. The van der Waals surface area contributed by atoms with Gasteiger partial charge in [-0.25, -0.2) is 0 Å². The minimum absolute atomic E-state index is 0.0648. The molecule has 0 bridgehead atoms. The fourth-order valence-corrected chi connectivity index (χ4v) is 1.88. The molecule has 0 aliphatic carbocycles. The molecule has 0 saturated carbocycles. The number of nitrogens with one attached hydrogen (secondary N) is 1. The van der Waals surface area contributed by atoms with E-state index in [0.29, 0.717) is 0 Å². The van der Waals surface area contributed by atoms with Crippen LogP contribution in [0.1, 0.15) is 0 Å². The van der Waals surface area contributed by atoms with Crippen LogP contribution in [0.3, 0.4) is 0 Å². The summed E-state index contributed by atoms with van der Waals surface area (Å²) in [7, 11) is 0. The van der Waals surface area contributed by atoms with Gasteiger partial charge in [0.05, 0.1) is 6.20 Å². The molecule has 0 spiro atoms. The van der Waals surface area contributed by atoms with E-state index in [1.165, 1.54) is 0 Å². The molecule has 0 saturated heterocycles. The van der Waals surface area contributed by atoms with Gasteiger partial charge in [0, 0.05) is 22.5 Å². The molecule has 7 nitrogen and oxygen atoms in total. The summed E-state index contributed by atoms with van der Waals surface area (Å²) < 4.78 is 19.9. The summed E-state index contributed by atoms with van der Waals surface area (Å²) in [6, 6.07) is 15.6. The number of nitrogen functional groups attached to an aromatic ring is 2. The van der Waals surface area contributed by atoms with E-state index in [0.717, 1.165) is 28.7 Å². The zero-order valence-corrected chi connectivity index (χ0v) is 12.3. The van der Waals surface area contributed by atoms with Gasteiger partial charge >= 0.3 is 0 Å². The van der Waals surface area contributed by atoms with Crippen LogP contribution in [-0.2, 0) is 11.1 Å². The van der Waals surface area contributed by atoms with Crippen molar-refractivity contribution in [2.45, 2.75) is 5.03 Å². The largest absolute Gasteiger partial charge is 0.767 e. The third kappa shape index (κ3) is 4.40. The van der Waals surface area contributed by atoms with Crippen molar-refractivity contribution in [2.75, 3.05) is 11.5 Å². The highest BCUT2D eigenvalue weighted by Gasteiger charge is 1.96. The number of nitrogens with two attached hydrogens (primary N) is 2. The molecule has 8 heteroatoms. The molecule has 1 aromatic heterocycles. The number of aromatic nitrogens is 3. The first kappa shape index (κ1) is 15.7. The van der Waals surface area contributed by atoms with E-state index in [4.69, 9.17) is 11.5 Å². The van der Waals surface area contributed by atoms with Crippen LogP contribution >= 0.6 is 0 Å². The molecular weight excluding hydrogens is 302 g/mol. The maximum atomic E-state index is 9.94. The standard InChI is InChI=1S/C12H12N2.C2H3N3O2S/c13-11-5-1-9(2-6-11)10-3-7-12(14)8-4-10;6-8(7)2-1-3-5-4-2/h1-8H,13-14H2;1H,(H,6,7)(H,3,4,5)/p-1. The quantitative estimate of drug-likeness (QED) is 0.485. The minimum atomic E-state index is -2.25. The molecule has 1 heterocycles. The van der Waals surface area contributed by atoms with E-state index in [9.17, 15) is 8.76 Å². The second-order valence-electron chi connectivity index (χ2n) is 4.29. The van der Waals surface area contributed by atoms with Gasteiger partial charge in [-0.05, 0) is 35.4 Å². The monoisotopic (exact) mass is 316 g/mol. The third-order valence-corrected chi connectivity index (χ3v) is 3.26. The molecule has 0 aliphatic rings. The molecule has 0 amide bonds. The normalized spacial score (nSPS) is 11.3. The first-order chi connectivity index (χ1) is 10.6. The molecule has 0 aliphatic heterocycles. The molecule has 5 N–H and O–H groups in total. The zero-order chi connectivity index (χ0) is 15.9. The van der Waals surface area contributed by atoms with Crippen molar-refractivity contribution in [3.05, 3.63) is 54.7 Å². The Kier molecular flexibility index (Phi) is 5.23. The van der Waals surface area contributed by atoms with Crippen molar-refractivity contribution >= 4 is 22.5 Å². The SMILES string of the molecule is Nc1ccc(-c2ccc(N)cc2)cc1.O=S([O-])c1cn[nH]n1. The summed E-state index contributed by atoms with van der Waals surface area (Å²) in [6.07, 6.45) is 1.13. The van der Waals surface area contributed by atoms with Crippen LogP contribution in [0.5, 0.6) is 0 Å². The molecular formula is C14H14N5O2S-. The average molecular weight is 316 g/mol. The summed E-state index contributed by atoms with van der Waals surface area (Å²) in [6.45, 7) is 0. The summed E-state index contributed by atoms with van der Waals surface area (Å²) in [4.78, 5) is 0. The first-order valence-electron chi connectivity index (χ1n) is 6.23. The van der Waals surface area contributed by atoms with Crippen LogP contribution in [0.25, 0.3) is 11.1 Å². The van der Waals surface area contributed by atoms with Gasteiger partial charge in [-0.15, -0.1) is 5.10 Å². The van der Waals surface area contributed by atoms with Gasteiger partial charge in [-0.1, -0.05) is 24.3 Å². The van der Waals surface area contributed by atoms with Crippen molar-refractivity contribution in [2.24, 2.45) is 0 Å². The number of rotatable bonds is 2. The van der Waals surface area contributed by atoms with Crippen LogP contribution in [0.2, 0.25) is 0 Å². The maximum Gasteiger partial charge on any atom is 0.155 e. The number of H-pyrrole nitrogens is 1. The van der Waals surface area contributed by atoms with Gasteiger partial charge in [-0.3, -0.25) is 4.21 Å². The Morgan fingerprint density at radius 2 is 1.36 bits per heavy atom. The summed E-state index contributed by atoms with van der Waals surface area (Å²) in [5.74, 6) is 0. The van der Waals surface area contributed by atoms with Crippen LogP contribution in [0.15, 0.2) is 59.8 Å². The highest BCUT2D eigenvalue weighted by molar-refractivity contribution is 7.79. The Morgan fingerprint density at radius 1 is 0.909 bits per heavy atom. The van der Waals surface area contributed by atoms with E-state index >= 15 is 0 Å². The number of nitrogens with zero attached hydrogens (tertiary/aromatic N) is 2. The minimum Gasteiger partial charge on any atom is -0.767 e. The van der Waals surface area contributed by atoms with Gasteiger partial charge < -0.3 is 16.0 Å². The van der Waals surface area contributed by atoms with Crippen molar-refractivity contribution < 1.29 is 8.76 Å². The van der Waals surface area contributed by atoms with Gasteiger partial charge in [-0.2, -0.15) is 10.3 Å². The Bertz CT molecular complexity index is 683. The van der Waals surface area contributed by atoms with Crippen molar-refractivity contribution in [3.63, 3.8) is 0 Å². The fraction of sp³-hybridized carbons (Fsp3) is 0. The number of hydrogen-bond acceptors (Lipinski definition) is 6. The first-order valence-corrected chi connectivity index (χ1v) is 7.30. The third-order valence-electron chi connectivity index (χ3n) is 2.72. The van der Waals surface area contributed by atoms with E-state index in [-0.39, 0.29) is 5.03 Å². The number of hydrogen-bond donors (Lipinski definition) is 3. The molecule has 0 fully saturated rings. The molecule has 1 unspecified atom stereocenters. The van der Waals surface area contributed by atoms with Crippen molar-refractivity contribution in [3.8, 4) is 11.1 Å². The van der Waals surface area contributed by atoms with E-state index in [1.807, 2.05) is 48.5 Å². The summed E-state index contributed by atoms with van der Waals surface area (Å²) in [5, 5.41) is 8.63. The Hall–Kier alpha value is -2.71. The summed E-state index contributed by atoms with van der Waals surface area (Å²) in [5.41, 5.74) is 15.1. The van der Waals surface area contributed by atoms with E-state index < -0.39 is 11.1 Å². The molecule has 22 heavy (non-hydrogen) atoms. The van der Waals surface area contributed by atoms with Crippen molar-refractivity contribution in [1.82, 2.24) is 15.4 Å². The average Bonchev–Trinajstić information content (AvgIpc) is 3.04. The lowest BCUT2D eigenvalue weighted by atomic mass is 10.1. The molecule has 114 valence electrons. The number of aromatic amines is 1. The number of anilines is 2. The molecule has 3 rings (SSSR count). The van der Waals surface area contributed by atoms with Crippen LogP contribution < -0.4 is 11.5 Å². The molecule has 2 aromatic carbocycles. The highest BCUT2D eigenvalue weighted by atomic mass is 32.2. The lowest BCUT2D eigenvalue weighted by molar-refractivity contribution is 0.533.